The van der Waals surface area contributed by atoms with Crippen LogP contribution >= 0.6 is 0 Å². The van der Waals surface area contributed by atoms with Gasteiger partial charge in [0, 0.05) is 37.8 Å². The predicted octanol–water partition coefficient (Wildman–Crippen LogP) is 1.96. The largest absolute Gasteiger partial charge is 0.332 e. The summed E-state index contributed by atoms with van der Waals surface area (Å²) in [5, 5.41) is 3.39. The van der Waals surface area contributed by atoms with Crippen molar-refractivity contribution in [3.05, 3.63) is 17.2 Å². The van der Waals surface area contributed by atoms with Crippen molar-refractivity contribution in [2.75, 3.05) is 20.1 Å². The van der Waals surface area contributed by atoms with Gasteiger partial charge < -0.3 is 14.8 Å². The molecule has 0 radical (unpaired) electrons. The Kier molecular flexibility index (Phi) is 4.99. The zero-order chi connectivity index (χ0) is 13.8. The van der Waals surface area contributed by atoms with Gasteiger partial charge in [0.05, 0.1) is 5.69 Å². The zero-order valence-electron chi connectivity index (χ0n) is 12.9. The molecule has 2 heterocycles. The minimum Gasteiger partial charge on any atom is -0.332 e. The molecule has 1 aromatic rings. The fourth-order valence-electron chi connectivity index (χ4n) is 2.69. The molecule has 0 saturated heterocycles. The van der Waals surface area contributed by atoms with Crippen molar-refractivity contribution < 1.29 is 0 Å². The summed E-state index contributed by atoms with van der Waals surface area (Å²) in [7, 11) is 2.21. The first-order valence-corrected chi connectivity index (χ1v) is 7.55. The number of aryl methyl sites for hydroxylation is 1. The van der Waals surface area contributed by atoms with Crippen molar-refractivity contribution in [3.63, 3.8) is 0 Å². The molecule has 0 bridgehead atoms. The SMILES string of the molecule is Cc1nc2c(n1CCCCN(C)C(C)C)CCNC2. The van der Waals surface area contributed by atoms with Crippen LogP contribution in [0.1, 0.15) is 43.9 Å². The Labute approximate surface area is 117 Å². The van der Waals surface area contributed by atoms with Gasteiger partial charge in [0.1, 0.15) is 5.82 Å². The molecular weight excluding hydrogens is 236 g/mol. The molecule has 0 fully saturated rings. The first-order valence-electron chi connectivity index (χ1n) is 7.55. The second kappa shape index (κ2) is 6.53. The molecule has 0 saturated carbocycles. The average Bonchev–Trinajstić information content (AvgIpc) is 2.70. The van der Waals surface area contributed by atoms with Crippen molar-refractivity contribution in [3.8, 4) is 0 Å². The van der Waals surface area contributed by atoms with Crippen LogP contribution in [0.4, 0.5) is 0 Å². The summed E-state index contributed by atoms with van der Waals surface area (Å²) < 4.78 is 2.44. The minimum atomic E-state index is 0.647. The van der Waals surface area contributed by atoms with Crippen molar-refractivity contribution in [1.82, 2.24) is 19.8 Å². The van der Waals surface area contributed by atoms with E-state index in [1.54, 1.807) is 0 Å². The van der Waals surface area contributed by atoms with E-state index >= 15 is 0 Å². The number of fused-ring (bicyclic) bond motifs is 1. The van der Waals surface area contributed by atoms with Crippen molar-refractivity contribution in [2.24, 2.45) is 0 Å². The van der Waals surface area contributed by atoms with Gasteiger partial charge in [-0.25, -0.2) is 4.98 Å². The van der Waals surface area contributed by atoms with Gasteiger partial charge in [-0.05, 0) is 47.2 Å². The van der Waals surface area contributed by atoms with E-state index in [1.165, 1.54) is 36.6 Å². The number of nitrogens with zero attached hydrogens (tertiary/aromatic N) is 3. The second-order valence-corrected chi connectivity index (χ2v) is 5.91. The predicted molar refractivity (Wildman–Crippen MR) is 79.4 cm³/mol. The smallest absolute Gasteiger partial charge is 0.106 e. The van der Waals surface area contributed by atoms with E-state index in [1.807, 2.05) is 0 Å². The highest BCUT2D eigenvalue weighted by atomic mass is 15.1. The van der Waals surface area contributed by atoms with E-state index in [0.717, 1.165) is 26.1 Å². The molecule has 0 spiro atoms. The van der Waals surface area contributed by atoms with Gasteiger partial charge in [-0.2, -0.15) is 0 Å². The molecular formula is C15H28N4. The molecule has 1 aromatic heterocycles. The van der Waals surface area contributed by atoms with Gasteiger partial charge in [0.25, 0.3) is 0 Å². The molecule has 1 N–H and O–H groups in total. The normalized spacial score (nSPS) is 15.3. The van der Waals surface area contributed by atoms with Crippen LogP contribution < -0.4 is 5.32 Å². The number of aromatic nitrogens is 2. The molecule has 0 aliphatic carbocycles. The van der Waals surface area contributed by atoms with Crippen LogP contribution in [0.2, 0.25) is 0 Å². The maximum atomic E-state index is 4.68. The van der Waals surface area contributed by atoms with E-state index in [9.17, 15) is 0 Å². The molecule has 0 unspecified atom stereocenters. The number of imidazole rings is 1. The monoisotopic (exact) mass is 264 g/mol. The molecule has 2 rings (SSSR count). The third kappa shape index (κ3) is 3.57. The van der Waals surface area contributed by atoms with Gasteiger partial charge >= 0.3 is 0 Å². The first-order chi connectivity index (χ1) is 9.09. The summed E-state index contributed by atoms with van der Waals surface area (Å²) in [6.07, 6.45) is 3.63. The minimum absolute atomic E-state index is 0.647. The molecule has 1 aliphatic rings. The lowest BCUT2D eigenvalue weighted by Crippen LogP contribution is -2.27. The van der Waals surface area contributed by atoms with Crippen molar-refractivity contribution in [2.45, 2.75) is 59.2 Å². The fourth-order valence-corrected chi connectivity index (χ4v) is 2.69. The average molecular weight is 264 g/mol. The second-order valence-electron chi connectivity index (χ2n) is 5.91. The van der Waals surface area contributed by atoms with Gasteiger partial charge in [-0.3, -0.25) is 0 Å². The van der Waals surface area contributed by atoms with E-state index in [4.69, 9.17) is 0 Å². The van der Waals surface area contributed by atoms with Crippen LogP contribution in [0.15, 0.2) is 0 Å². The maximum absolute atomic E-state index is 4.68. The Morgan fingerprint density at radius 3 is 2.89 bits per heavy atom. The Hall–Kier alpha value is -0.870. The van der Waals surface area contributed by atoms with Crippen LogP contribution in [0.5, 0.6) is 0 Å². The van der Waals surface area contributed by atoms with Gasteiger partial charge in [-0.15, -0.1) is 0 Å². The Morgan fingerprint density at radius 1 is 1.37 bits per heavy atom. The highest BCUT2D eigenvalue weighted by Gasteiger charge is 2.17. The zero-order valence-corrected chi connectivity index (χ0v) is 12.9. The summed E-state index contributed by atoms with van der Waals surface area (Å²) in [5.41, 5.74) is 2.73. The standard InChI is InChI=1S/C15H28N4/c1-12(2)18(4)9-5-6-10-19-13(3)17-14-11-16-8-7-15(14)19/h12,16H,5-11H2,1-4H3. The Morgan fingerprint density at radius 2 is 2.16 bits per heavy atom. The molecule has 108 valence electrons. The van der Waals surface area contributed by atoms with Crippen LogP contribution in [0.25, 0.3) is 0 Å². The number of hydrogen-bond donors (Lipinski definition) is 1. The van der Waals surface area contributed by atoms with Gasteiger partial charge in [0.2, 0.25) is 0 Å². The molecule has 0 aromatic carbocycles. The summed E-state index contributed by atoms with van der Waals surface area (Å²) in [6, 6.07) is 0.647. The highest BCUT2D eigenvalue weighted by Crippen LogP contribution is 2.16. The quantitative estimate of drug-likeness (QED) is 0.797. The summed E-state index contributed by atoms with van der Waals surface area (Å²) in [6.45, 7) is 11.0. The Bertz CT molecular complexity index is 409. The lowest BCUT2D eigenvalue weighted by Gasteiger charge is -2.21. The van der Waals surface area contributed by atoms with Crippen LogP contribution in [-0.2, 0) is 19.5 Å². The molecule has 0 atom stereocenters. The fraction of sp³-hybridized carbons (Fsp3) is 0.800. The van der Waals surface area contributed by atoms with E-state index < -0.39 is 0 Å². The first kappa shape index (κ1) is 14.5. The van der Waals surface area contributed by atoms with E-state index in [0.29, 0.717) is 6.04 Å². The van der Waals surface area contributed by atoms with E-state index in [2.05, 4.69) is 47.6 Å². The summed E-state index contributed by atoms with van der Waals surface area (Å²) in [5.74, 6) is 1.19. The number of rotatable bonds is 6. The third-order valence-corrected chi connectivity index (χ3v) is 4.20. The molecule has 4 nitrogen and oxygen atoms in total. The molecule has 0 amide bonds. The third-order valence-electron chi connectivity index (χ3n) is 4.20. The van der Waals surface area contributed by atoms with Crippen LogP contribution in [0, 0.1) is 6.92 Å². The van der Waals surface area contributed by atoms with Gasteiger partial charge in [-0.1, -0.05) is 0 Å². The molecule has 1 aliphatic heterocycles. The van der Waals surface area contributed by atoms with Crippen LogP contribution in [0.3, 0.4) is 0 Å². The number of unbranched alkanes of at least 4 members (excludes halogenated alkanes) is 1. The molecule has 4 heteroatoms. The van der Waals surface area contributed by atoms with Crippen molar-refractivity contribution >= 4 is 0 Å². The topological polar surface area (TPSA) is 33.1 Å². The lowest BCUT2D eigenvalue weighted by atomic mass is 10.2. The summed E-state index contributed by atoms with van der Waals surface area (Å²) in [4.78, 5) is 7.10. The number of nitrogens with one attached hydrogen (secondary N) is 1. The molecule has 19 heavy (non-hydrogen) atoms. The summed E-state index contributed by atoms with van der Waals surface area (Å²) >= 11 is 0. The lowest BCUT2D eigenvalue weighted by molar-refractivity contribution is 0.266. The number of hydrogen-bond acceptors (Lipinski definition) is 3. The van der Waals surface area contributed by atoms with Crippen LogP contribution in [-0.4, -0.2) is 40.6 Å². The maximum Gasteiger partial charge on any atom is 0.106 e. The van der Waals surface area contributed by atoms with E-state index in [-0.39, 0.29) is 0 Å². The Balaban J connectivity index is 1.85. The van der Waals surface area contributed by atoms with Gasteiger partial charge in [0.15, 0.2) is 0 Å². The van der Waals surface area contributed by atoms with Crippen molar-refractivity contribution in [1.29, 1.82) is 0 Å². The highest BCUT2D eigenvalue weighted by molar-refractivity contribution is 5.19.